The summed E-state index contributed by atoms with van der Waals surface area (Å²) < 4.78 is 38.5. The van der Waals surface area contributed by atoms with Gasteiger partial charge in [-0.3, -0.25) is 14.4 Å². The average molecular weight is 392 g/mol. The van der Waals surface area contributed by atoms with E-state index >= 15 is 0 Å². The summed E-state index contributed by atoms with van der Waals surface area (Å²) in [5.74, 6) is 0.814. The second kappa shape index (κ2) is 7.43. The topological polar surface area (TPSA) is 99.0 Å². The van der Waals surface area contributed by atoms with Crippen molar-refractivity contribution in [1.29, 1.82) is 0 Å². The Bertz CT molecular complexity index is 974. The first-order valence-corrected chi connectivity index (χ1v) is 10.0. The highest BCUT2D eigenvalue weighted by Crippen LogP contribution is 2.37. The van der Waals surface area contributed by atoms with Crippen molar-refractivity contribution in [2.75, 3.05) is 24.1 Å². The van der Waals surface area contributed by atoms with Crippen molar-refractivity contribution in [1.82, 2.24) is 0 Å². The Labute approximate surface area is 157 Å². The Morgan fingerprint density at radius 3 is 2.44 bits per heavy atom. The number of hydrogen-bond acceptors (Lipinski definition) is 6. The number of nitro benzene ring substituents is 1. The van der Waals surface area contributed by atoms with Gasteiger partial charge in [0.15, 0.2) is 11.5 Å². The van der Waals surface area contributed by atoms with Gasteiger partial charge in [-0.2, -0.15) is 0 Å². The average Bonchev–Trinajstić information content (AvgIpc) is 3.07. The number of sulfonamides is 1. The van der Waals surface area contributed by atoms with E-state index in [1.807, 2.05) is 6.92 Å². The predicted octanol–water partition coefficient (Wildman–Crippen LogP) is 3.14. The summed E-state index contributed by atoms with van der Waals surface area (Å²) in [7, 11) is -3.89. The Balaban J connectivity index is 2.03. The third-order valence-corrected chi connectivity index (χ3v) is 6.04. The van der Waals surface area contributed by atoms with Crippen LogP contribution in [0.5, 0.6) is 11.5 Å². The minimum Gasteiger partial charge on any atom is -0.490 e. The maximum absolute atomic E-state index is 13.2. The molecule has 0 fully saturated rings. The number of ether oxygens (including phenoxy) is 2. The lowest BCUT2D eigenvalue weighted by Gasteiger charge is -2.20. The number of fused-ring (bicyclic) bond motifs is 1. The molecule has 0 aliphatic carbocycles. The van der Waals surface area contributed by atoms with E-state index < -0.39 is 14.9 Å². The van der Waals surface area contributed by atoms with Crippen LogP contribution in [-0.4, -0.2) is 33.1 Å². The second-order valence-corrected chi connectivity index (χ2v) is 7.73. The van der Waals surface area contributed by atoms with Crippen LogP contribution in [-0.2, 0) is 16.4 Å². The molecule has 0 saturated carbocycles. The number of benzene rings is 2. The standard InChI is InChI=1S/C18H20N2O6S/c1-3-25-17-8-7-15(12-18(17)26-4-2)27(23,24)19-10-9-13-5-6-14(20(21)22)11-16(13)19/h5-8,11-12H,3-4,9-10H2,1-2H3. The largest absolute Gasteiger partial charge is 0.490 e. The second-order valence-electron chi connectivity index (χ2n) is 5.87. The number of anilines is 1. The van der Waals surface area contributed by atoms with E-state index in [2.05, 4.69) is 0 Å². The molecule has 0 saturated heterocycles. The van der Waals surface area contributed by atoms with E-state index in [4.69, 9.17) is 9.47 Å². The molecule has 8 nitrogen and oxygen atoms in total. The van der Waals surface area contributed by atoms with Gasteiger partial charge in [-0.15, -0.1) is 0 Å². The molecule has 0 bridgehead atoms. The van der Waals surface area contributed by atoms with Crippen LogP contribution >= 0.6 is 0 Å². The first kappa shape index (κ1) is 19.0. The quantitative estimate of drug-likeness (QED) is 0.530. The molecule has 0 atom stereocenters. The molecule has 2 aromatic carbocycles. The molecule has 27 heavy (non-hydrogen) atoms. The molecule has 0 amide bonds. The van der Waals surface area contributed by atoms with Crippen molar-refractivity contribution < 1.29 is 22.8 Å². The van der Waals surface area contributed by atoms with Crippen molar-refractivity contribution in [3.63, 3.8) is 0 Å². The molecule has 0 radical (unpaired) electrons. The molecule has 0 unspecified atom stereocenters. The zero-order valence-corrected chi connectivity index (χ0v) is 15.9. The molecule has 9 heteroatoms. The fourth-order valence-corrected chi connectivity index (χ4v) is 4.53. The van der Waals surface area contributed by atoms with Crippen molar-refractivity contribution in [3.05, 3.63) is 52.1 Å². The summed E-state index contributed by atoms with van der Waals surface area (Å²) in [6.07, 6.45) is 0.502. The minimum absolute atomic E-state index is 0.0498. The van der Waals surface area contributed by atoms with Crippen LogP contribution in [0.1, 0.15) is 19.4 Å². The Kier molecular flexibility index (Phi) is 5.22. The molecule has 2 aromatic rings. The zero-order valence-electron chi connectivity index (χ0n) is 15.0. The van der Waals surface area contributed by atoms with Crippen molar-refractivity contribution in [3.8, 4) is 11.5 Å². The van der Waals surface area contributed by atoms with Crippen LogP contribution in [0.15, 0.2) is 41.3 Å². The van der Waals surface area contributed by atoms with Crippen molar-refractivity contribution in [2.45, 2.75) is 25.2 Å². The van der Waals surface area contributed by atoms with Gasteiger partial charge in [-0.25, -0.2) is 8.42 Å². The van der Waals surface area contributed by atoms with Gasteiger partial charge in [0.1, 0.15) is 0 Å². The maximum Gasteiger partial charge on any atom is 0.271 e. The summed E-state index contributed by atoms with van der Waals surface area (Å²) in [5.41, 5.74) is 0.966. The van der Waals surface area contributed by atoms with Gasteiger partial charge < -0.3 is 9.47 Å². The van der Waals surface area contributed by atoms with Gasteiger partial charge in [-0.1, -0.05) is 6.07 Å². The number of rotatable bonds is 7. The summed E-state index contributed by atoms with van der Waals surface area (Å²) in [5, 5.41) is 11.0. The molecule has 3 rings (SSSR count). The van der Waals surface area contributed by atoms with Gasteiger partial charge in [0, 0.05) is 24.7 Å². The molecular formula is C18H20N2O6S. The van der Waals surface area contributed by atoms with Gasteiger partial charge in [0.2, 0.25) is 0 Å². The molecule has 144 valence electrons. The lowest BCUT2D eigenvalue weighted by molar-refractivity contribution is -0.384. The van der Waals surface area contributed by atoms with Crippen LogP contribution in [0.3, 0.4) is 0 Å². The van der Waals surface area contributed by atoms with Gasteiger partial charge in [-0.05, 0) is 38.0 Å². The van der Waals surface area contributed by atoms with Gasteiger partial charge >= 0.3 is 0 Å². The van der Waals surface area contributed by atoms with Crippen LogP contribution in [0, 0.1) is 10.1 Å². The van der Waals surface area contributed by atoms with E-state index in [0.717, 1.165) is 5.56 Å². The number of non-ortho nitro benzene ring substituents is 1. The van der Waals surface area contributed by atoms with Crippen LogP contribution < -0.4 is 13.8 Å². The van der Waals surface area contributed by atoms with Gasteiger partial charge in [0.05, 0.1) is 28.7 Å². The first-order chi connectivity index (χ1) is 12.9. The minimum atomic E-state index is -3.89. The summed E-state index contributed by atoms with van der Waals surface area (Å²) >= 11 is 0. The molecule has 1 aliphatic rings. The third kappa shape index (κ3) is 3.55. The lowest BCUT2D eigenvalue weighted by Crippen LogP contribution is -2.29. The molecule has 0 aromatic heterocycles. The van der Waals surface area contributed by atoms with E-state index in [1.165, 1.54) is 28.6 Å². The highest BCUT2D eigenvalue weighted by molar-refractivity contribution is 7.92. The number of nitro groups is 1. The Hall–Kier alpha value is -2.81. The molecule has 1 heterocycles. The summed E-state index contributed by atoms with van der Waals surface area (Å²) in [4.78, 5) is 10.6. The third-order valence-electron chi connectivity index (χ3n) is 4.24. The molecule has 0 spiro atoms. The smallest absolute Gasteiger partial charge is 0.271 e. The fraction of sp³-hybridized carbons (Fsp3) is 0.333. The summed E-state index contributed by atoms with van der Waals surface area (Å²) in [6.45, 7) is 4.65. The lowest BCUT2D eigenvalue weighted by atomic mass is 10.1. The van der Waals surface area contributed by atoms with Crippen LogP contribution in [0.4, 0.5) is 11.4 Å². The maximum atomic E-state index is 13.2. The van der Waals surface area contributed by atoms with E-state index in [1.54, 1.807) is 19.1 Å². The number of nitrogens with zero attached hydrogens (tertiary/aromatic N) is 2. The van der Waals surface area contributed by atoms with Crippen molar-refractivity contribution in [2.24, 2.45) is 0 Å². The predicted molar refractivity (Wildman–Crippen MR) is 100 cm³/mol. The van der Waals surface area contributed by atoms with Gasteiger partial charge in [0.25, 0.3) is 15.7 Å². The molecular weight excluding hydrogens is 372 g/mol. The van der Waals surface area contributed by atoms with E-state index in [0.29, 0.717) is 36.8 Å². The first-order valence-electron chi connectivity index (χ1n) is 8.58. The fourth-order valence-electron chi connectivity index (χ4n) is 3.02. The normalized spacial score (nSPS) is 13.3. The highest BCUT2D eigenvalue weighted by atomic mass is 32.2. The Morgan fingerprint density at radius 1 is 1.07 bits per heavy atom. The highest BCUT2D eigenvalue weighted by Gasteiger charge is 2.32. The van der Waals surface area contributed by atoms with E-state index in [9.17, 15) is 18.5 Å². The van der Waals surface area contributed by atoms with Crippen LogP contribution in [0.2, 0.25) is 0 Å². The monoisotopic (exact) mass is 392 g/mol. The van der Waals surface area contributed by atoms with Crippen molar-refractivity contribution >= 4 is 21.4 Å². The summed E-state index contributed by atoms with van der Waals surface area (Å²) in [6, 6.07) is 8.74. The van der Waals surface area contributed by atoms with Crippen LogP contribution in [0.25, 0.3) is 0 Å². The SMILES string of the molecule is CCOc1ccc(S(=O)(=O)N2CCc3ccc([N+](=O)[O-])cc32)cc1OCC. The molecule has 1 aliphatic heterocycles. The van der Waals surface area contributed by atoms with E-state index in [-0.39, 0.29) is 17.1 Å². The molecule has 0 N–H and O–H groups in total. The zero-order chi connectivity index (χ0) is 19.6. The number of hydrogen-bond donors (Lipinski definition) is 0. The Morgan fingerprint density at radius 2 is 1.78 bits per heavy atom.